The highest BCUT2D eigenvalue weighted by atomic mass is 16.4. The van der Waals surface area contributed by atoms with Gasteiger partial charge in [0.15, 0.2) is 0 Å². The lowest BCUT2D eigenvalue weighted by atomic mass is 10.0. The van der Waals surface area contributed by atoms with Gasteiger partial charge in [0.25, 0.3) is 0 Å². The highest BCUT2D eigenvalue weighted by Gasteiger charge is 2.41. The molecule has 1 saturated heterocycles. The van der Waals surface area contributed by atoms with E-state index < -0.39 is 6.09 Å². The number of aliphatic hydroxyl groups is 1. The summed E-state index contributed by atoms with van der Waals surface area (Å²) in [6.07, 6.45) is 0.568. The van der Waals surface area contributed by atoms with Crippen molar-refractivity contribution in [1.82, 2.24) is 4.90 Å². The highest BCUT2D eigenvalue weighted by Crippen LogP contribution is 2.37. The van der Waals surface area contributed by atoms with Gasteiger partial charge in [-0.05, 0) is 24.7 Å². The van der Waals surface area contributed by atoms with Crippen LogP contribution in [-0.4, -0.2) is 40.4 Å². The van der Waals surface area contributed by atoms with Crippen LogP contribution in [0.15, 0.2) is 0 Å². The van der Waals surface area contributed by atoms with E-state index >= 15 is 0 Å². The van der Waals surface area contributed by atoms with Crippen LogP contribution >= 0.6 is 0 Å². The summed E-state index contributed by atoms with van der Waals surface area (Å²) in [6.45, 7) is 1.24. The molecular weight excluding hydrogens is 158 g/mol. The molecular formula is C8H13NO3. The van der Waals surface area contributed by atoms with Crippen LogP contribution in [0.3, 0.4) is 0 Å². The largest absolute Gasteiger partial charge is 0.465 e. The van der Waals surface area contributed by atoms with E-state index in [1.54, 1.807) is 0 Å². The van der Waals surface area contributed by atoms with Crippen molar-refractivity contribution in [2.45, 2.75) is 18.9 Å². The lowest BCUT2D eigenvalue weighted by Crippen LogP contribution is -2.28. The van der Waals surface area contributed by atoms with Crippen molar-refractivity contribution in [1.29, 1.82) is 0 Å². The van der Waals surface area contributed by atoms with Gasteiger partial charge >= 0.3 is 6.09 Å². The van der Waals surface area contributed by atoms with E-state index in [-0.39, 0.29) is 6.10 Å². The molecule has 0 spiro atoms. The van der Waals surface area contributed by atoms with Crippen molar-refractivity contribution in [3.8, 4) is 0 Å². The Morgan fingerprint density at radius 1 is 1.25 bits per heavy atom. The summed E-state index contributed by atoms with van der Waals surface area (Å²) in [6, 6.07) is 0. The minimum Gasteiger partial charge on any atom is -0.465 e. The zero-order valence-electron chi connectivity index (χ0n) is 6.81. The van der Waals surface area contributed by atoms with Gasteiger partial charge < -0.3 is 15.1 Å². The van der Waals surface area contributed by atoms with Gasteiger partial charge in [-0.2, -0.15) is 0 Å². The Labute approximate surface area is 70.8 Å². The highest BCUT2D eigenvalue weighted by molar-refractivity contribution is 5.65. The Morgan fingerprint density at radius 3 is 2.17 bits per heavy atom. The number of hydrogen-bond acceptors (Lipinski definition) is 2. The van der Waals surface area contributed by atoms with Crippen molar-refractivity contribution in [2.24, 2.45) is 11.8 Å². The Morgan fingerprint density at radius 2 is 1.75 bits per heavy atom. The van der Waals surface area contributed by atoms with Crippen molar-refractivity contribution in [3.63, 3.8) is 0 Å². The lowest BCUT2D eigenvalue weighted by molar-refractivity contribution is 0.138. The molecule has 0 radical (unpaired) electrons. The number of rotatable bonds is 0. The lowest BCUT2D eigenvalue weighted by Gasteiger charge is -2.13. The van der Waals surface area contributed by atoms with Crippen molar-refractivity contribution < 1.29 is 15.0 Å². The summed E-state index contributed by atoms with van der Waals surface area (Å²) in [5.74, 6) is 0.826. The Bertz CT molecular complexity index is 192. The van der Waals surface area contributed by atoms with Crippen LogP contribution in [0.5, 0.6) is 0 Å². The number of hydrogen-bond donors (Lipinski definition) is 2. The van der Waals surface area contributed by atoms with Crippen molar-refractivity contribution >= 4 is 6.09 Å². The Balaban J connectivity index is 1.98. The number of carbonyl (C=O) groups is 1. The van der Waals surface area contributed by atoms with Crippen molar-refractivity contribution in [2.75, 3.05) is 13.1 Å². The number of amides is 1. The van der Waals surface area contributed by atoms with Crippen LogP contribution < -0.4 is 0 Å². The van der Waals surface area contributed by atoms with Crippen molar-refractivity contribution in [3.05, 3.63) is 0 Å². The van der Waals surface area contributed by atoms with Crippen LogP contribution in [-0.2, 0) is 0 Å². The fourth-order valence-corrected chi connectivity index (χ4v) is 2.42. The number of aliphatic hydroxyl groups excluding tert-OH is 1. The molecule has 0 aromatic carbocycles. The first-order chi connectivity index (χ1) is 5.66. The van der Waals surface area contributed by atoms with Crippen LogP contribution in [0, 0.1) is 11.8 Å². The molecule has 2 aliphatic rings. The molecule has 1 amide bonds. The van der Waals surface area contributed by atoms with Gasteiger partial charge in [-0.1, -0.05) is 0 Å². The van der Waals surface area contributed by atoms with E-state index in [1.807, 2.05) is 0 Å². The van der Waals surface area contributed by atoms with E-state index in [0.29, 0.717) is 24.9 Å². The molecule has 2 rings (SSSR count). The van der Waals surface area contributed by atoms with Crippen LogP contribution in [0.2, 0.25) is 0 Å². The van der Waals surface area contributed by atoms with Gasteiger partial charge in [0.2, 0.25) is 0 Å². The molecule has 0 bridgehead atoms. The quantitative estimate of drug-likeness (QED) is 0.553. The third kappa shape index (κ3) is 1.16. The minimum atomic E-state index is -0.820. The summed E-state index contributed by atoms with van der Waals surface area (Å²) in [5, 5.41) is 18.0. The number of likely N-dealkylation sites (tertiary alicyclic amines) is 1. The first kappa shape index (κ1) is 7.86. The predicted molar refractivity (Wildman–Crippen MR) is 41.8 cm³/mol. The molecule has 0 aromatic rings. The van der Waals surface area contributed by atoms with E-state index in [0.717, 1.165) is 12.8 Å². The molecule has 1 heterocycles. The van der Waals surface area contributed by atoms with E-state index in [4.69, 9.17) is 5.11 Å². The summed E-state index contributed by atoms with van der Waals surface area (Å²) in [7, 11) is 0. The molecule has 1 aliphatic carbocycles. The molecule has 1 aliphatic heterocycles. The van der Waals surface area contributed by atoms with E-state index in [9.17, 15) is 9.90 Å². The SMILES string of the molecule is O=C(O)N1C[C@H]2C[C@H](O)C[C@H]2C1. The third-order valence-corrected chi connectivity index (χ3v) is 3.00. The fraction of sp³-hybridized carbons (Fsp3) is 0.875. The van der Waals surface area contributed by atoms with E-state index in [1.165, 1.54) is 4.90 Å². The molecule has 1 saturated carbocycles. The smallest absolute Gasteiger partial charge is 0.407 e. The Hall–Kier alpha value is -0.770. The number of fused-ring (bicyclic) bond motifs is 1. The molecule has 2 fully saturated rings. The van der Waals surface area contributed by atoms with Gasteiger partial charge in [0, 0.05) is 13.1 Å². The van der Waals surface area contributed by atoms with Gasteiger partial charge in [-0.25, -0.2) is 4.79 Å². The second-order valence-electron chi connectivity index (χ2n) is 3.83. The van der Waals surface area contributed by atoms with Gasteiger partial charge in [0.1, 0.15) is 0 Å². The van der Waals surface area contributed by atoms with Gasteiger partial charge in [0.05, 0.1) is 6.10 Å². The molecule has 3 atom stereocenters. The maximum absolute atomic E-state index is 10.6. The third-order valence-electron chi connectivity index (χ3n) is 3.00. The second-order valence-corrected chi connectivity index (χ2v) is 3.83. The standard InChI is InChI=1S/C8H13NO3/c10-7-1-5-3-9(8(11)12)4-6(5)2-7/h5-7,10H,1-4H2,(H,11,12)/t5-,6+,7+. The summed E-state index contributed by atoms with van der Waals surface area (Å²) >= 11 is 0. The van der Waals surface area contributed by atoms with Gasteiger partial charge in [-0.15, -0.1) is 0 Å². The maximum atomic E-state index is 10.6. The van der Waals surface area contributed by atoms with Crippen LogP contribution in [0.4, 0.5) is 4.79 Å². The molecule has 12 heavy (non-hydrogen) atoms. The molecule has 2 N–H and O–H groups in total. The summed E-state index contributed by atoms with van der Waals surface area (Å²) < 4.78 is 0. The van der Waals surface area contributed by atoms with Crippen LogP contribution in [0.1, 0.15) is 12.8 Å². The monoisotopic (exact) mass is 171 g/mol. The molecule has 4 nitrogen and oxygen atoms in total. The topological polar surface area (TPSA) is 60.8 Å². The number of nitrogens with zero attached hydrogens (tertiary/aromatic N) is 1. The normalized spacial score (nSPS) is 40.1. The predicted octanol–water partition coefficient (Wildman–Crippen LogP) is 0.367. The molecule has 0 unspecified atom stereocenters. The zero-order chi connectivity index (χ0) is 8.72. The first-order valence-electron chi connectivity index (χ1n) is 4.32. The van der Waals surface area contributed by atoms with Crippen LogP contribution in [0.25, 0.3) is 0 Å². The molecule has 0 aromatic heterocycles. The molecule has 68 valence electrons. The fourth-order valence-electron chi connectivity index (χ4n) is 2.42. The average Bonchev–Trinajstić information content (AvgIpc) is 2.42. The zero-order valence-corrected chi connectivity index (χ0v) is 6.81. The first-order valence-corrected chi connectivity index (χ1v) is 4.32. The second kappa shape index (κ2) is 2.62. The maximum Gasteiger partial charge on any atom is 0.407 e. The van der Waals surface area contributed by atoms with Gasteiger partial charge in [-0.3, -0.25) is 0 Å². The molecule has 4 heteroatoms. The summed E-state index contributed by atoms with van der Waals surface area (Å²) in [5.41, 5.74) is 0. The number of carboxylic acid groups (broad SMARTS) is 1. The minimum absolute atomic E-state index is 0.184. The summed E-state index contributed by atoms with van der Waals surface area (Å²) in [4.78, 5) is 12.0. The Kier molecular flexibility index (Phi) is 1.72. The average molecular weight is 171 g/mol. The van der Waals surface area contributed by atoms with E-state index in [2.05, 4.69) is 0 Å².